The molecule has 104 valence electrons. The molecule has 1 rings (SSSR count). The van der Waals surface area contributed by atoms with Crippen molar-refractivity contribution in [2.75, 3.05) is 13.7 Å². The first-order valence-electron chi connectivity index (χ1n) is 6.49. The first-order chi connectivity index (χ1) is 8.47. The number of rotatable bonds is 7. The molecule has 5 nitrogen and oxygen atoms in total. The van der Waals surface area contributed by atoms with Gasteiger partial charge in [-0.05, 0) is 25.2 Å². The maximum atomic E-state index is 11.8. The Morgan fingerprint density at radius 3 is 2.44 bits per heavy atom. The Hall–Kier alpha value is -1.10. The second kappa shape index (κ2) is 6.73. The van der Waals surface area contributed by atoms with Crippen molar-refractivity contribution in [2.24, 2.45) is 5.41 Å². The second-order valence-corrected chi connectivity index (χ2v) is 5.30. The number of ether oxygens (including phenoxy) is 1. The van der Waals surface area contributed by atoms with Gasteiger partial charge in [-0.1, -0.05) is 12.8 Å². The van der Waals surface area contributed by atoms with Crippen LogP contribution in [-0.2, 0) is 14.3 Å². The SMILES string of the molecule is COC(C)CNC(=O)CC1(CC(=O)O)CCCC1. The van der Waals surface area contributed by atoms with Crippen LogP contribution in [0.1, 0.15) is 45.4 Å². The molecule has 1 aliphatic carbocycles. The molecule has 1 saturated carbocycles. The van der Waals surface area contributed by atoms with Crippen molar-refractivity contribution in [3.8, 4) is 0 Å². The van der Waals surface area contributed by atoms with E-state index in [2.05, 4.69) is 5.32 Å². The zero-order valence-corrected chi connectivity index (χ0v) is 11.2. The highest BCUT2D eigenvalue weighted by atomic mass is 16.5. The third-order valence-corrected chi connectivity index (χ3v) is 3.72. The largest absolute Gasteiger partial charge is 0.481 e. The summed E-state index contributed by atoms with van der Waals surface area (Å²) in [6.45, 7) is 2.35. The summed E-state index contributed by atoms with van der Waals surface area (Å²) in [4.78, 5) is 22.7. The van der Waals surface area contributed by atoms with Crippen molar-refractivity contribution in [1.82, 2.24) is 5.32 Å². The van der Waals surface area contributed by atoms with Crippen LogP contribution >= 0.6 is 0 Å². The van der Waals surface area contributed by atoms with Gasteiger partial charge in [0.1, 0.15) is 0 Å². The number of hydrogen-bond acceptors (Lipinski definition) is 3. The Kier molecular flexibility index (Phi) is 5.59. The molecule has 18 heavy (non-hydrogen) atoms. The molecule has 1 atom stereocenters. The zero-order chi connectivity index (χ0) is 13.6. The summed E-state index contributed by atoms with van der Waals surface area (Å²) in [7, 11) is 1.60. The first-order valence-corrected chi connectivity index (χ1v) is 6.49. The van der Waals surface area contributed by atoms with Gasteiger partial charge in [0.2, 0.25) is 5.91 Å². The average Bonchev–Trinajstić information content (AvgIpc) is 2.73. The number of carbonyl (C=O) groups excluding carboxylic acids is 1. The Morgan fingerprint density at radius 1 is 1.33 bits per heavy atom. The van der Waals surface area contributed by atoms with Crippen LogP contribution in [0.15, 0.2) is 0 Å². The fraction of sp³-hybridized carbons (Fsp3) is 0.846. The molecule has 5 heteroatoms. The van der Waals surface area contributed by atoms with Gasteiger partial charge in [-0.3, -0.25) is 9.59 Å². The van der Waals surface area contributed by atoms with E-state index in [-0.39, 0.29) is 23.8 Å². The number of hydrogen-bond donors (Lipinski definition) is 2. The summed E-state index contributed by atoms with van der Waals surface area (Å²) < 4.78 is 5.05. The number of nitrogens with one attached hydrogen (secondary N) is 1. The van der Waals surface area contributed by atoms with Crippen molar-refractivity contribution < 1.29 is 19.4 Å². The standard InChI is InChI=1S/C13H23NO4/c1-10(18-2)9-14-11(15)7-13(8-12(16)17)5-3-4-6-13/h10H,3-9H2,1-2H3,(H,14,15)(H,16,17). The van der Waals surface area contributed by atoms with Gasteiger partial charge in [0.15, 0.2) is 0 Å². The number of methoxy groups -OCH3 is 1. The van der Waals surface area contributed by atoms with Crippen molar-refractivity contribution >= 4 is 11.9 Å². The zero-order valence-electron chi connectivity index (χ0n) is 11.2. The van der Waals surface area contributed by atoms with Crippen molar-refractivity contribution in [2.45, 2.75) is 51.6 Å². The quantitative estimate of drug-likeness (QED) is 0.725. The van der Waals surface area contributed by atoms with Gasteiger partial charge in [-0.2, -0.15) is 0 Å². The van der Waals surface area contributed by atoms with Gasteiger partial charge >= 0.3 is 5.97 Å². The van der Waals surface area contributed by atoms with Crippen molar-refractivity contribution in [3.63, 3.8) is 0 Å². The minimum Gasteiger partial charge on any atom is -0.481 e. The maximum absolute atomic E-state index is 11.8. The molecular formula is C13H23NO4. The van der Waals surface area contributed by atoms with Crippen molar-refractivity contribution in [1.29, 1.82) is 0 Å². The van der Waals surface area contributed by atoms with E-state index in [1.165, 1.54) is 0 Å². The van der Waals surface area contributed by atoms with E-state index in [1.807, 2.05) is 6.92 Å². The van der Waals surface area contributed by atoms with Gasteiger partial charge in [0.25, 0.3) is 0 Å². The molecule has 0 aromatic rings. The van der Waals surface area contributed by atoms with E-state index >= 15 is 0 Å². The highest BCUT2D eigenvalue weighted by molar-refractivity contribution is 5.78. The van der Waals surface area contributed by atoms with Crippen LogP contribution in [0.2, 0.25) is 0 Å². The molecule has 0 aromatic heterocycles. The molecule has 0 spiro atoms. The average molecular weight is 257 g/mol. The lowest BCUT2D eigenvalue weighted by Crippen LogP contribution is -2.36. The van der Waals surface area contributed by atoms with E-state index < -0.39 is 5.97 Å². The molecule has 0 aromatic carbocycles. The van der Waals surface area contributed by atoms with Crippen LogP contribution in [0.3, 0.4) is 0 Å². The predicted octanol–water partition coefficient (Wildman–Crippen LogP) is 1.56. The minimum absolute atomic E-state index is 0.0204. The normalized spacial score (nSPS) is 19.4. The molecule has 1 amide bonds. The summed E-state index contributed by atoms with van der Waals surface area (Å²) in [6, 6.07) is 0. The summed E-state index contributed by atoms with van der Waals surface area (Å²) in [5.41, 5.74) is -0.327. The number of aliphatic carboxylic acids is 1. The summed E-state index contributed by atoms with van der Waals surface area (Å²) in [6.07, 6.45) is 4.12. The fourth-order valence-electron chi connectivity index (χ4n) is 2.61. The van der Waals surface area contributed by atoms with Crippen LogP contribution in [0.5, 0.6) is 0 Å². The molecule has 1 aliphatic rings. The topological polar surface area (TPSA) is 75.6 Å². The fourth-order valence-corrected chi connectivity index (χ4v) is 2.61. The molecular weight excluding hydrogens is 234 g/mol. The molecule has 0 radical (unpaired) electrons. The van der Waals surface area contributed by atoms with Crippen molar-refractivity contribution in [3.05, 3.63) is 0 Å². The van der Waals surface area contributed by atoms with Gasteiger partial charge < -0.3 is 15.2 Å². The summed E-state index contributed by atoms with van der Waals surface area (Å²) in [5, 5.41) is 11.8. The molecule has 2 N–H and O–H groups in total. The second-order valence-electron chi connectivity index (χ2n) is 5.30. The van der Waals surface area contributed by atoms with Crippen LogP contribution in [-0.4, -0.2) is 36.7 Å². The predicted molar refractivity (Wildman–Crippen MR) is 67.3 cm³/mol. The third-order valence-electron chi connectivity index (χ3n) is 3.72. The Balaban J connectivity index is 2.46. The van der Waals surface area contributed by atoms with Gasteiger partial charge in [0, 0.05) is 20.1 Å². The lowest BCUT2D eigenvalue weighted by molar-refractivity contribution is -0.140. The maximum Gasteiger partial charge on any atom is 0.303 e. The smallest absolute Gasteiger partial charge is 0.303 e. The molecule has 0 saturated heterocycles. The highest BCUT2D eigenvalue weighted by Crippen LogP contribution is 2.43. The molecule has 1 unspecified atom stereocenters. The van der Waals surface area contributed by atoms with E-state index in [9.17, 15) is 9.59 Å². The molecule has 0 aliphatic heterocycles. The minimum atomic E-state index is -0.810. The van der Waals surface area contributed by atoms with E-state index in [0.29, 0.717) is 13.0 Å². The van der Waals surface area contributed by atoms with E-state index in [0.717, 1.165) is 25.7 Å². The third kappa shape index (κ3) is 4.64. The summed E-state index contributed by atoms with van der Waals surface area (Å²) in [5.74, 6) is -0.878. The van der Waals surface area contributed by atoms with Crippen LogP contribution < -0.4 is 5.32 Å². The van der Waals surface area contributed by atoms with Gasteiger partial charge in [0.05, 0.1) is 12.5 Å². The van der Waals surface area contributed by atoms with E-state index in [1.54, 1.807) is 7.11 Å². The lowest BCUT2D eigenvalue weighted by atomic mass is 9.79. The van der Waals surface area contributed by atoms with Gasteiger partial charge in [-0.25, -0.2) is 0 Å². The Labute approximate surface area is 108 Å². The van der Waals surface area contributed by atoms with Crippen LogP contribution in [0.25, 0.3) is 0 Å². The number of amides is 1. The highest BCUT2D eigenvalue weighted by Gasteiger charge is 2.37. The molecule has 0 bridgehead atoms. The number of carboxylic acid groups (broad SMARTS) is 1. The van der Waals surface area contributed by atoms with Gasteiger partial charge in [-0.15, -0.1) is 0 Å². The lowest BCUT2D eigenvalue weighted by Gasteiger charge is -2.26. The monoisotopic (exact) mass is 257 g/mol. The summed E-state index contributed by atoms with van der Waals surface area (Å²) >= 11 is 0. The van der Waals surface area contributed by atoms with Crippen LogP contribution in [0, 0.1) is 5.41 Å². The molecule has 0 heterocycles. The number of carbonyl (C=O) groups is 2. The van der Waals surface area contributed by atoms with Crippen LogP contribution in [0.4, 0.5) is 0 Å². The van der Waals surface area contributed by atoms with E-state index in [4.69, 9.17) is 9.84 Å². The Morgan fingerprint density at radius 2 is 1.94 bits per heavy atom. The Bertz CT molecular complexity index is 297. The first kappa shape index (κ1) is 15.0. The molecule has 1 fully saturated rings. The number of carboxylic acids is 1.